The van der Waals surface area contributed by atoms with Crippen LogP contribution < -0.4 is 5.73 Å². The normalized spacial score (nSPS) is 12.6. The molecule has 1 aromatic heterocycles. The minimum Gasteiger partial charge on any atom is -0.339 e. The van der Waals surface area contributed by atoms with Gasteiger partial charge in [-0.05, 0) is 20.4 Å². The molecule has 94 valence electrons. The highest BCUT2D eigenvalue weighted by molar-refractivity contribution is 5.85. The van der Waals surface area contributed by atoms with Gasteiger partial charge >= 0.3 is 0 Å². The van der Waals surface area contributed by atoms with Crippen LogP contribution in [0.1, 0.15) is 32.0 Å². The van der Waals surface area contributed by atoms with E-state index in [4.69, 9.17) is 10.3 Å². The van der Waals surface area contributed by atoms with Crippen LogP contribution in [0.2, 0.25) is 0 Å². The fourth-order valence-electron chi connectivity index (χ4n) is 1.23. The van der Waals surface area contributed by atoms with Crippen molar-refractivity contribution in [3.05, 3.63) is 11.7 Å². The first kappa shape index (κ1) is 15.3. The fourth-order valence-corrected chi connectivity index (χ4v) is 1.23. The number of hydrogen-bond donors (Lipinski definition) is 1. The van der Waals surface area contributed by atoms with E-state index < -0.39 is 0 Å². The molecule has 1 atom stereocenters. The van der Waals surface area contributed by atoms with E-state index in [9.17, 15) is 0 Å². The maximum Gasteiger partial charge on any atom is 0.226 e. The third-order valence-electron chi connectivity index (χ3n) is 2.46. The minimum atomic E-state index is 0. The minimum absolute atomic E-state index is 0. The van der Waals surface area contributed by atoms with Crippen LogP contribution in [0.3, 0.4) is 0 Å². The van der Waals surface area contributed by atoms with E-state index in [0.717, 1.165) is 24.6 Å². The van der Waals surface area contributed by atoms with Gasteiger partial charge in [-0.25, -0.2) is 0 Å². The molecule has 1 aromatic rings. The molecule has 0 radical (unpaired) electrons. The maximum absolute atomic E-state index is 5.57. The van der Waals surface area contributed by atoms with Crippen molar-refractivity contribution in [3.63, 3.8) is 0 Å². The molecule has 0 amide bonds. The highest BCUT2D eigenvalue weighted by Gasteiger charge is 2.11. The van der Waals surface area contributed by atoms with E-state index in [-0.39, 0.29) is 12.4 Å². The van der Waals surface area contributed by atoms with Crippen molar-refractivity contribution in [2.45, 2.75) is 39.3 Å². The molecular formula is C10H21ClN4O. The molecule has 0 spiro atoms. The topological polar surface area (TPSA) is 68.2 Å². The Morgan fingerprint density at radius 1 is 1.50 bits per heavy atom. The van der Waals surface area contributed by atoms with Crippen molar-refractivity contribution in [1.29, 1.82) is 0 Å². The SMILES string of the molecule is CCCc1nc(CN(C)C(C)CN)no1.Cl. The average Bonchev–Trinajstić information content (AvgIpc) is 2.65. The zero-order valence-corrected chi connectivity index (χ0v) is 11.0. The van der Waals surface area contributed by atoms with Crippen molar-refractivity contribution in [2.24, 2.45) is 5.73 Å². The standard InChI is InChI=1S/C10H20N4O.ClH/c1-4-5-10-12-9(13-15-10)7-14(3)8(2)6-11;/h8H,4-7,11H2,1-3H3;1H. The third-order valence-corrected chi connectivity index (χ3v) is 2.46. The van der Waals surface area contributed by atoms with Gasteiger partial charge in [-0.2, -0.15) is 4.98 Å². The summed E-state index contributed by atoms with van der Waals surface area (Å²) >= 11 is 0. The van der Waals surface area contributed by atoms with E-state index in [1.54, 1.807) is 0 Å². The van der Waals surface area contributed by atoms with Gasteiger partial charge in [0.25, 0.3) is 0 Å². The van der Waals surface area contributed by atoms with Gasteiger partial charge in [0.1, 0.15) is 0 Å². The number of hydrogen-bond acceptors (Lipinski definition) is 5. The van der Waals surface area contributed by atoms with Gasteiger partial charge in [0.05, 0.1) is 6.54 Å². The summed E-state index contributed by atoms with van der Waals surface area (Å²) in [7, 11) is 2.01. The number of rotatable bonds is 6. The second-order valence-electron chi connectivity index (χ2n) is 3.85. The first-order valence-corrected chi connectivity index (χ1v) is 5.39. The highest BCUT2D eigenvalue weighted by Crippen LogP contribution is 2.04. The van der Waals surface area contributed by atoms with E-state index >= 15 is 0 Å². The van der Waals surface area contributed by atoms with Crippen molar-refractivity contribution in [1.82, 2.24) is 15.0 Å². The number of nitrogens with two attached hydrogens (primary N) is 1. The summed E-state index contributed by atoms with van der Waals surface area (Å²) in [4.78, 5) is 6.41. The van der Waals surface area contributed by atoms with Gasteiger partial charge in [-0.3, -0.25) is 4.90 Å². The van der Waals surface area contributed by atoms with Gasteiger partial charge in [0.15, 0.2) is 5.82 Å². The van der Waals surface area contributed by atoms with E-state index in [1.807, 2.05) is 7.05 Å². The molecule has 6 heteroatoms. The zero-order valence-electron chi connectivity index (χ0n) is 10.1. The van der Waals surface area contributed by atoms with Crippen molar-refractivity contribution in [3.8, 4) is 0 Å². The first-order valence-electron chi connectivity index (χ1n) is 5.39. The molecule has 2 N–H and O–H groups in total. The molecule has 1 unspecified atom stereocenters. The van der Waals surface area contributed by atoms with Gasteiger partial charge in [0.2, 0.25) is 5.89 Å². The molecule has 0 aliphatic heterocycles. The van der Waals surface area contributed by atoms with E-state index in [0.29, 0.717) is 19.1 Å². The van der Waals surface area contributed by atoms with Crippen LogP contribution in [0.25, 0.3) is 0 Å². The molecule has 5 nitrogen and oxygen atoms in total. The van der Waals surface area contributed by atoms with Crippen molar-refractivity contribution < 1.29 is 4.52 Å². The summed E-state index contributed by atoms with van der Waals surface area (Å²) < 4.78 is 5.10. The second-order valence-corrected chi connectivity index (χ2v) is 3.85. The van der Waals surface area contributed by atoms with Gasteiger partial charge in [-0.1, -0.05) is 12.1 Å². The largest absolute Gasteiger partial charge is 0.339 e. The van der Waals surface area contributed by atoms with Crippen LogP contribution in [0.4, 0.5) is 0 Å². The molecular weight excluding hydrogens is 228 g/mol. The smallest absolute Gasteiger partial charge is 0.226 e. The zero-order chi connectivity index (χ0) is 11.3. The lowest BCUT2D eigenvalue weighted by atomic mass is 10.3. The molecule has 0 bridgehead atoms. The Labute approximate surface area is 103 Å². The molecule has 1 rings (SSSR count). The Balaban J connectivity index is 0.00000225. The number of nitrogens with zero attached hydrogens (tertiary/aromatic N) is 3. The van der Waals surface area contributed by atoms with Crippen LogP contribution in [0.5, 0.6) is 0 Å². The molecule has 0 fully saturated rings. The summed E-state index contributed by atoms with van der Waals surface area (Å²) in [6.45, 7) is 5.49. The Kier molecular flexibility index (Phi) is 7.29. The molecule has 0 aliphatic rings. The molecule has 16 heavy (non-hydrogen) atoms. The lowest BCUT2D eigenvalue weighted by Crippen LogP contribution is -2.35. The lowest BCUT2D eigenvalue weighted by Gasteiger charge is -2.21. The molecule has 1 heterocycles. The van der Waals surface area contributed by atoms with Gasteiger partial charge in [0, 0.05) is 19.0 Å². The molecule has 0 saturated carbocycles. The van der Waals surface area contributed by atoms with Gasteiger partial charge < -0.3 is 10.3 Å². The monoisotopic (exact) mass is 248 g/mol. The third kappa shape index (κ3) is 4.47. The molecule has 0 saturated heterocycles. The van der Waals surface area contributed by atoms with Crippen LogP contribution in [0, 0.1) is 0 Å². The van der Waals surface area contributed by atoms with Crippen molar-refractivity contribution in [2.75, 3.05) is 13.6 Å². The Morgan fingerprint density at radius 2 is 2.19 bits per heavy atom. The Morgan fingerprint density at radius 3 is 2.75 bits per heavy atom. The van der Waals surface area contributed by atoms with E-state index in [1.165, 1.54) is 0 Å². The number of halogens is 1. The van der Waals surface area contributed by atoms with Crippen LogP contribution >= 0.6 is 12.4 Å². The summed E-state index contributed by atoms with van der Waals surface area (Å²) in [5.74, 6) is 1.46. The molecule has 0 aliphatic carbocycles. The second kappa shape index (κ2) is 7.60. The predicted octanol–water partition coefficient (Wildman–Crippen LogP) is 1.22. The number of aromatic nitrogens is 2. The van der Waals surface area contributed by atoms with Crippen molar-refractivity contribution >= 4 is 12.4 Å². The highest BCUT2D eigenvalue weighted by atomic mass is 35.5. The average molecular weight is 249 g/mol. The maximum atomic E-state index is 5.57. The summed E-state index contributed by atoms with van der Waals surface area (Å²) in [5.41, 5.74) is 5.57. The van der Waals surface area contributed by atoms with Crippen LogP contribution in [0.15, 0.2) is 4.52 Å². The first-order chi connectivity index (χ1) is 7.17. The van der Waals surface area contributed by atoms with E-state index in [2.05, 4.69) is 28.9 Å². The lowest BCUT2D eigenvalue weighted by molar-refractivity contribution is 0.244. The van der Waals surface area contributed by atoms with Crippen LogP contribution in [-0.4, -0.2) is 34.7 Å². The van der Waals surface area contributed by atoms with Gasteiger partial charge in [-0.15, -0.1) is 12.4 Å². The predicted molar refractivity (Wildman–Crippen MR) is 65.5 cm³/mol. The summed E-state index contributed by atoms with van der Waals surface area (Å²) in [5, 5.41) is 3.92. The Hall–Kier alpha value is -0.650. The van der Waals surface area contributed by atoms with Crippen LogP contribution in [-0.2, 0) is 13.0 Å². The molecule has 0 aromatic carbocycles. The summed E-state index contributed by atoms with van der Waals surface area (Å²) in [6, 6.07) is 0.332. The quantitative estimate of drug-likeness (QED) is 0.820. The number of aryl methyl sites for hydroxylation is 1. The Bertz CT molecular complexity index is 292. The fraction of sp³-hybridized carbons (Fsp3) is 0.800. The number of likely N-dealkylation sites (N-methyl/N-ethyl adjacent to an activating group) is 1. The summed E-state index contributed by atoms with van der Waals surface area (Å²) in [6.07, 6.45) is 1.87.